The largest absolute Gasteiger partial charge is 0.508 e. The fourth-order valence-corrected chi connectivity index (χ4v) is 2.82. The lowest BCUT2D eigenvalue weighted by Gasteiger charge is -2.12. The molecule has 1 atom stereocenters. The van der Waals surface area contributed by atoms with Gasteiger partial charge in [0, 0.05) is 5.69 Å². The summed E-state index contributed by atoms with van der Waals surface area (Å²) in [6.07, 6.45) is 0.286. The summed E-state index contributed by atoms with van der Waals surface area (Å²) >= 11 is 0. The SMILES string of the molecule is Nc1ccc(C2=C(OCCOC(=O)[C@@H](N)Cc3ccc(O)cc3)COC2=O)cc1. The summed E-state index contributed by atoms with van der Waals surface area (Å²) in [5.41, 5.74) is 13.9. The van der Waals surface area contributed by atoms with Crippen LogP contribution in [0.3, 0.4) is 0 Å². The molecule has 5 N–H and O–H groups in total. The molecule has 1 heterocycles. The standard InChI is InChI=1S/C21H22N2O6/c22-15-5-3-14(4-6-15)19-18(12-29-21(19)26)27-9-10-28-20(25)17(23)11-13-1-7-16(24)8-2-13/h1-8,17,24H,9-12,22-23H2/t17-/m0/s1. The molecule has 8 nitrogen and oxygen atoms in total. The van der Waals surface area contributed by atoms with Gasteiger partial charge in [0.15, 0.2) is 0 Å². The number of nitrogens with two attached hydrogens (primary N) is 2. The molecule has 0 unspecified atom stereocenters. The van der Waals surface area contributed by atoms with Crippen LogP contribution in [-0.4, -0.2) is 42.9 Å². The van der Waals surface area contributed by atoms with Crippen LogP contribution in [0.4, 0.5) is 5.69 Å². The highest BCUT2D eigenvalue weighted by Crippen LogP contribution is 2.27. The Morgan fingerprint density at radius 3 is 2.48 bits per heavy atom. The average molecular weight is 398 g/mol. The minimum atomic E-state index is -0.833. The third-order valence-corrected chi connectivity index (χ3v) is 4.32. The lowest BCUT2D eigenvalue weighted by atomic mass is 10.1. The van der Waals surface area contributed by atoms with E-state index in [1.165, 1.54) is 12.1 Å². The first kappa shape index (κ1) is 20.2. The van der Waals surface area contributed by atoms with Crippen molar-refractivity contribution in [3.05, 3.63) is 65.4 Å². The molecule has 2 aromatic carbocycles. The van der Waals surface area contributed by atoms with E-state index < -0.39 is 18.0 Å². The molecule has 0 aliphatic carbocycles. The van der Waals surface area contributed by atoms with E-state index in [0.29, 0.717) is 22.6 Å². The van der Waals surface area contributed by atoms with Gasteiger partial charge in [0.2, 0.25) is 0 Å². The van der Waals surface area contributed by atoms with Gasteiger partial charge in [0.1, 0.15) is 42.9 Å². The fourth-order valence-electron chi connectivity index (χ4n) is 2.82. The van der Waals surface area contributed by atoms with Crippen LogP contribution in [0.2, 0.25) is 0 Å². The van der Waals surface area contributed by atoms with Crippen molar-refractivity contribution in [2.75, 3.05) is 25.6 Å². The summed E-state index contributed by atoms with van der Waals surface area (Å²) in [5, 5.41) is 9.28. The smallest absolute Gasteiger partial charge is 0.342 e. The van der Waals surface area contributed by atoms with E-state index in [1.807, 2.05) is 0 Å². The predicted octanol–water partition coefficient (Wildman–Crippen LogP) is 1.37. The number of nitrogen functional groups attached to an aromatic ring is 1. The number of carbonyl (C=O) groups is 2. The van der Waals surface area contributed by atoms with Crippen LogP contribution >= 0.6 is 0 Å². The molecule has 0 fully saturated rings. The van der Waals surface area contributed by atoms with Crippen LogP contribution in [0, 0.1) is 0 Å². The summed E-state index contributed by atoms with van der Waals surface area (Å²) < 4.78 is 15.8. The van der Waals surface area contributed by atoms with Crippen molar-refractivity contribution in [2.24, 2.45) is 5.73 Å². The molecule has 2 aromatic rings. The van der Waals surface area contributed by atoms with Crippen LogP contribution in [0.15, 0.2) is 54.3 Å². The Morgan fingerprint density at radius 1 is 1.10 bits per heavy atom. The molecule has 0 spiro atoms. The van der Waals surface area contributed by atoms with Crippen molar-refractivity contribution in [1.29, 1.82) is 0 Å². The zero-order chi connectivity index (χ0) is 20.8. The van der Waals surface area contributed by atoms with E-state index in [9.17, 15) is 14.7 Å². The molecule has 8 heteroatoms. The predicted molar refractivity (Wildman–Crippen MR) is 105 cm³/mol. The molecule has 1 aliphatic heterocycles. The number of esters is 2. The minimum Gasteiger partial charge on any atom is -0.508 e. The maximum absolute atomic E-state index is 12.0. The number of hydrogen-bond donors (Lipinski definition) is 3. The van der Waals surface area contributed by atoms with E-state index in [1.54, 1.807) is 36.4 Å². The third-order valence-electron chi connectivity index (χ3n) is 4.32. The number of anilines is 1. The maximum atomic E-state index is 12.0. The topological polar surface area (TPSA) is 134 Å². The number of phenols is 1. The summed E-state index contributed by atoms with van der Waals surface area (Å²) in [4.78, 5) is 24.0. The summed E-state index contributed by atoms with van der Waals surface area (Å²) in [6, 6.07) is 12.4. The van der Waals surface area contributed by atoms with Crippen molar-refractivity contribution in [3.8, 4) is 5.75 Å². The quantitative estimate of drug-likeness (QED) is 0.345. The van der Waals surface area contributed by atoms with Gasteiger partial charge in [0.25, 0.3) is 0 Å². The number of hydrogen-bond acceptors (Lipinski definition) is 8. The summed E-state index contributed by atoms with van der Waals surface area (Å²) in [7, 11) is 0. The number of carbonyl (C=O) groups excluding carboxylic acids is 2. The van der Waals surface area contributed by atoms with Crippen LogP contribution in [0.25, 0.3) is 5.57 Å². The normalized spacial score (nSPS) is 14.4. The molecule has 0 amide bonds. The number of benzene rings is 2. The van der Waals surface area contributed by atoms with E-state index in [0.717, 1.165) is 5.56 Å². The zero-order valence-corrected chi connectivity index (χ0v) is 15.7. The Hall–Kier alpha value is -3.52. The van der Waals surface area contributed by atoms with Crippen molar-refractivity contribution in [1.82, 2.24) is 0 Å². The molecular formula is C21H22N2O6. The number of cyclic esters (lactones) is 1. The number of phenolic OH excluding ortho intramolecular Hbond substituents is 1. The first-order valence-electron chi connectivity index (χ1n) is 9.03. The molecule has 0 radical (unpaired) electrons. The maximum Gasteiger partial charge on any atom is 0.342 e. The zero-order valence-electron chi connectivity index (χ0n) is 15.7. The van der Waals surface area contributed by atoms with Gasteiger partial charge >= 0.3 is 11.9 Å². The average Bonchev–Trinajstić information content (AvgIpc) is 3.08. The fraction of sp³-hybridized carbons (Fsp3) is 0.238. The molecule has 29 heavy (non-hydrogen) atoms. The van der Waals surface area contributed by atoms with Crippen LogP contribution in [0.5, 0.6) is 5.75 Å². The minimum absolute atomic E-state index is 0.0190. The van der Waals surface area contributed by atoms with Gasteiger partial charge < -0.3 is 30.8 Å². The molecule has 0 bridgehead atoms. The van der Waals surface area contributed by atoms with Gasteiger partial charge in [-0.05, 0) is 41.8 Å². The number of rotatable bonds is 8. The van der Waals surface area contributed by atoms with E-state index in [2.05, 4.69) is 0 Å². The van der Waals surface area contributed by atoms with Gasteiger partial charge in [-0.15, -0.1) is 0 Å². The highest BCUT2D eigenvalue weighted by Gasteiger charge is 2.28. The first-order chi connectivity index (χ1) is 13.9. The second-order valence-electron chi connectivity index (χ2n) is 6.49. The molecule has 152 valence electrons. The van der Waals surface area contributed by atoms with Crippen LogP contribution < -0.4 is 11.5 Å². The Bertz CT molecular complexity index is 906. The Labute approximate surface area is 167 Å². The van der Waals surface area contributed by atoms with Crippen molar-refractivity contribution in [3.63, 3.8) is 0 Å². The Morgan fingerprint density at radius 2 is 1.79 bits per heavy atom. The second kappa shape index (κ2) is 9.11. The van der Waals surface area contributed by atoms with Gasteiger partial charge in [0.05, 0.1) is 0 Å². The van der Waals surface area contributed by atoms with Crippen molar-refractivity contribution >= 4 is 23.2 Å². The van der Waals surface area contributed by atoms with Gasteiger partial charge in [-0.2, -0.15) is 0 Å². The van der Waals surface area contributed by atoms with Gasteiger partial charge in [-0.1, -0.05) is 24.3 Å². The third kappa shape index (κ3) is 5.26. The lowest BCUT2D eigenvalue weighted by molar-refractivity contribution is -0.146. The highest BCUT2D eigenvalue weighted by molar-refractivity contribution is 6.18. The summed E-state index contributed by atoms with van der Waals surface area (Å²) in [5.74, 6) is -0.515. The van der Waals surface area contributed by atoms with Gasteiger partial charge in [-0.25, -0.2) is 4.79 Å². The molecule has 0 saturated heterocycles. The summed E-state index contributed by atoms with van der Waals surface area (Å²) in [6.45, 7) is 0.0593. The first-order valence-corrected chi connectivity index (χ1v) is 9.03. The van der Waals surface area contributed by atoms with E-state index in [-0.39, 0.29) is 32.0 Å². The number of ether oxygens (including phenoxy) is 3. The van der Waals surface area contributed by atoms with Crippen molar-refractivity contribution < 1.29 is 28.9 Å². The van der Waals surface area contributed by atoms with E-state index in [4.69, 9.17) is 25.7 Å². The van der Waals surface area contributed by atoms with Crippen LogP contribution in [0.1, 0.15) is 11.1 Å². The molecule has 0 aromatic heterocycles. The Kier molecular flexibility index (Phi) is 6.36. The monoisotopic (exact) mass is 398 g/mol. The molecule has 1 aliphatic rings. The lowest BCUT2D eigenvalue weighted by Crippen LogP contribution is -2.35. The van der Waals surface area contributed by atoms with E-state index >= 15 is 0 Å². The highest BCUT2D eigenvalue weighted by atomic mass is 16.6. The second-order valence-corrected chi connectivity index (χ2v) is 6.49. The van der Waals surface area contributed by atoms with Crippen molar-refractivity contribution in [2.45, 2.75) is 12.5 Å². The number of aromatic hydroxyl groups is 1. The molecule has 3 rings (SSSR count). The Balaban J connectivity index is 1.49. The van der Waals surface area contributed by atoms with Crippen LogP contribution in [-0.2, 0) is 30.2 Å². The van der Waals surface area contributed by atoms with Gasteiger partial charge in [-0.3, -0.25) is 4.79 Å². The molecule has 0 saturated carbocycles. The molecular weight excluding hydrogens is 376 g/mol.